The van der Waals surface area contributed by atoms with Gasteiger partial charge in [-0.15, -0.1) is 0 Å². The van der Waals surface area contributed by atoms with Crippen molar-refractivity contribution in [2.75, 3.05) is 5.75 Å². The van der Waals surface area contributed by atoms with Crippen LogP contribution < -0.4 is 0 Å². The van der Waals surface area contributed by atoms with Crippen molar-refractivity contribution >= 4 is 37.4 Å². The van der Waals surface area contributed by atoms with Crippen LogP contribution in [0.3, 0.4) is 0 Å². The van der Waals surface area contributed by atoms with Crippen LogP contribution in [0.4, 0.5) is 0 Å². The molecule has 0 saturated heterocycles. The molecule has 0 aromatic heterocycles. The van der Waals surface area contributed by atoms with E-state index in [0.29, 0.717) is 12.8 Å². The molecule has 1 aliphatic rings. The fraction of sp³-hybridized carbons (Fsp3) is 0.538. The third-order valence-corrected chi connectivity index (χ3v) is 6.35. The topological polar surface area (TPSA) is 54.4 Å². The van der Waals surface area contributed by atoms with Crippen molar-refractivity contribution in [3.05, 3.63) is 27.7 Å². The average molecular weight is 368 g/mol. The van der Waals surface area contributed by atoms with Crippen LogP contribution in [0.25, 0.3) is 0 Å². The zero-order valence-corrected chi connectivity index (χ0v) is 13.5. The maximum atomic E-state index is 12.4. The third kappa shape index (κ3) is 3.94. The van der Waals surface area contributed by atoms with Crippen LogP contribution in [0.1, 0.15) is 25.7 Å². The van der Waals surface area contributed by atoms with E-state index in [1.807, 2.05) is 0 Å². The molecule has 1 aromatic rings. The first kappa shape index (κ1) is 15.3. The summed E-state index contributed by atoms with van der Waals surface area (Å²) in [5, 5.41) is 9.70. The first-order valence-corrected chi connectivity index (χ1v) is 9.06. The Labute approximate surface area is 127 Å². The Balaban J connectivity index is 2.14. The molecular formula is C13H16BrClO3S. The van der Waals surface area contributed by atoms with Crippen molar-refractivity contribution in [1.29, 1.82) is 0 Å². The van der Waals surface area contributed by atoms with Crippen molar-refractivity contribution in [2.24, 2.45) is 5.92 Å². The molecular weight excluding hydrogens is 352 g/mol. The predicted molar refractivity (Wildman–Crippen MR) is 79.2 cm³/mol. The minimum absolute atomic E-state index is 0.112. The number of hydrogen-bond acceptors (Lipinski definition) is 3. The lowest BCUT2D eigenvalue weighted by Crippen LogP contribution is -2.24. The summed E-state index contributed by atoms with van der Waals surface area (Å²) in [5.41, 5.74) is 0. The number of aliphatic hydroxyl groups is 1. The summed E-state index contributed by atoms with van der Waals surface area (Å²) in [6, 6.07) is 4.82. The van der Waals surface area contributed by atoms with Crippen LogP contribution in [0, 0.1) is 5.92 Å². The van der Waals surface area contributed by atoms with Crippen molar-refractivity contribution in [3.8, 4) is 0 Å². The quantitative estimate of drug-likeness (QED) is 0.890. The maximum absolute atomic E-state index is 12.4. The van der Waals surface area contributed by atoms with Crippen LogP contribution >= 0.6 is 27.5 Å². The minimum Gasteiger partial charge on any atom is -0.393 e. The van der Waals surface area contributed by atoms with Crippen molar-refractivity contribution in [2.45, 2.75) is 36.7 Å². The summed E-state index contributed by atoms with van der Waals surface area (Å²) in [5.74, 6) is 0.231. The summed E-state index contributed by atoms with van der Waals surface area (Å²) >= 11 is 9.27. The monoisotopic (exact) mass is 366 g/mol. The van der Waals surface area contributed by atoms with E-state index in [9.17, 15) is 13.5 Å². The van der Waals surface area contributed by atoms with Crippen LogP contribution in [-0.2, 0) is 9.84 Å². The molecule has 3 nitrogen and oxygen atoms in total. The molecule has 0 amide bonds. The van der Waals surface area contributed by atoms with E-state index >= 15 is 0 Å². The second-order valence-corrected chi connectivity index (χ2v) is 8.36. The Morgan fingerprint density at radius 2 is 1.89 bits per heavy atom. The van der Waals surface area contributed by atoms with Gasteiger partial charge in [-0.1, -0.05) is 27.5 Å². The molecule has 0 heterocycles. The molecule has 1 fully saturated rings. The molecule has 6 heteroatoms. The van der Waals surface area contributed by atoms with Crippen molar-refractivity contribution in [1.82, 2.24) is 0 Å². The van der Waals surface area contributed by atoms with E-state index in [0.717, 1.165) is 17.3 Å². The Morgan fingerprint density at radius 3 is 2.47 bits per heavy atom. The summed E-state index contributed by atoms with van der Waals surface area (Å²) in [4.78, 5) is 0.198. The molecule has 0 atom stereocenters. The first-order valence-electron chi connectivity index (χ1n) is 6.24. The number of sulfone groups is 1. The highest BCUT2D eigenvalue weighted by molar-refractivity contribution is 9.10. The molecule has 106 valence electrons. The number of halogens is 2. The zero-order chi connectivity index (χ0) is 14.0. The number of hydrogen-bond donors (Lipinski definition) is 1. The first-order chi connectivity index (χ1) is 8.88. The molecule has 1 saturated carbocycles. The van der Waals surface area contributed by atoms with Gasteiger partial charge >= 0.3 is 0 Å². The normalized spacial score (nSPS) is 24.4. The van der Waals surface area contributed by atoms with Gasteiger partial charge in [0, 0.05) is 4.47 Å². The second kappa shape index (κ2) is 6.12. The molecule has 1 N–H and O–H groups in total. The van der Waals surface area contributed by atoms with E-state index in [-0.39, 0.29) is 27.7 Å². The average Bonchev–Trinajstić information content (AvgIpc) is 2.31. The van der Waals surface area contributed by atoms with Crippen LogP contribution in [0.5, 0.6) is 0 Å². The van der Waals surface area contributed by atoms with Crippen LogP contribution in [-0.4, -0.2) is 25.4 Å². The molecule has 0 radical (unpaired) electrons. The van der Waals surface area contributed by atoms with Crippen molar-refractivity contribution in [3.63, 3.8) is 0 Å². The van der Waals surface area contributed by atoms with E-state index in [1.54, 1.807) is 18.2 Å². The minimum atomic E-state index is -3.36. The number of rotatable bonds is 3. The standard InChI is InChI=1S/C13H16BrClO3S/c14-10-3-6-13(12(15)7-10)19(17,18)8-9-1-4-11(16)5-2-9/h3,6-7,9,11,16H,1-2,4-5,8H2. The smallest absolute Gasteiger partial charge is 0.180 e. The van der Waals surface area contributed by atoms with Gasteiger partial charge in [-0.2, -0.15) is 0 Å². The molecule has 1 aliphatic carbocycles. The van der Waals surface area contributed by atoms with Gasteiger partial charge in [0.1, 0.15) is 0 Å². The van der Waals surface area contributed by atoms with Gasteiger partial charge in [-0.25, -0.2) is 8.42 Å². The second-order valence-electron chi connectivity index (χ2n) is 5.03. The molecule has 0 unspecified atom stereocenters. The molecule has 0 bridgehead atoms. The van der Waals surface area contributed by atoms with Gasteiger partial charge in [0.05, 0.1) is 21.8 Å². The van der Waals surface area contributed by atoms with E-state index in [4.69, 9.17) is 11.6 Å². The summed E-state index contributed by atoms with van der Waals surface area (Å²) in [6.07, 6.45) is 2.63. The van der Waals surface area contributed by atoms with Gasteiger partial charge in [0.2, 0.25) is 0 Å². The lowest BCUT2D eigenvalue weighted by molar-refractivity contribution is 0.113. The van der Waals surface area contributed by atoms with Crippen molar-refractivity contribution < 1.29 is 13.5 Å². The van der Waals surface area contributed by atoms with Gasteiger partial charge < -0.3 is 5.11 Å². The largest absolute Gasteiger partial charge is 0.393 e. The fourth-order valence-electron chi connectivity index (χ4n) is 2.44. The van der Waals surface area contributed by atoms with Crippen LogP contribution in [0.2, 0.25) is 5.02 Å². The molecule has 2 rings (SSSR count). The Bertz CT molecular complexity index is 551. The lowest BCUT2D eigenvalue weighted by atomic mass is 9.89. The third-order valence-electron chi connectivity index (χ3n) is 3.50. The van der Waals surface area contributed by atoms with Crippen LogP contribution in [0.15, 0.2) is 27.6 Å². The van der Waals surface area contributed by atoms with Gasteiger partial charge in [-0.3, -0.25) is 0 Å². The molecule has 19 heavy (non-hydrogen) atoms. The fourth-order valence-corrected chi connectivity index (χ4v) is 5.23. The van der Waals surface area contributed by atoms with E-state index in [2.05, 4.69) is 15.9 Å². The zero-order valence-electron chi connectivity index (χ0n) is 10.4. The van der Waals surface area contributed by atoms with Gasteiger partial charge in [0.25, 0.3) is 0 Å². The number of aliphatic hydroxyl groups excluding tert-OH is 1. The maximum Gasteiger partial charge on any atom is 0.180 e. The molecule has 0 spiro atoms. The summed E-state index contributed by atoms with van der Waals surface area (Å²) in [6.45, 7) is 0. The van der Waals surface area contributed by atoms with Gasteiger partial charge in [0.15, 0.2) is 9.84 Å². The SMILES string of the molecule is O=S(=O)(CC1CCC(O)CC1)c1ccc(Br)cc1Cl. The molecule has 0 aliphatic heterocycles. The Morgan fingerprint density at radius 1 is 1.26 bits per heavy atom. The highest BCUT2D eigenvalue weighted by Gasteiger charge is 2.27. The Hall–Kier alpha value is -0.100. The summed E-state index contributed by atoms with van der Waals surface area (Å²) < 4.78 is 25.5. The Kier molecular flexibility index (Phi) is 4.93. The molecule has 1 aromatic carbocycles. The van der Waals surface area contributed by atoms with E-state index < -0.39 is 9.84 Å². The highest BCUT2D eigenvalue weighted by atomic mass is 79.9. The van der Waals surface area contributed by atoms with E-state index in [1.165, 1.54) is 0 Å². The predicted octanol–water partition coefficient (Wildman–Crippen LogP) is 3.43. The number of benzene rings is 1. The lowest BCUT2D eigenvalue weighted by Gasteiger charge is -2.25. The highest BCUT2D eigenvalue weighted by Crippen LogP contribution is 2.31. The van der Waals surface area contributed by atoms with Gasteiger partial charge in [-0.05, 0) is 49.8 Å². The summed E-state index contributed by atoms with van der Waals surface area (Å²) in [7, 11) is -3.36.